The summed E-state index contributed by atoms with van der Waals surface area (Å²) in [6, 6.07) is 0.738. The zero-order valence-electron chi connectivity index (χ0n) is 6.98. The lowest BCUT2D eigenvalue weighted by molar-refractivity contribution is 0.483. The van der Waals surface area contributed by atoms with Crippen molar-refractivity contribution in [2.24, 2.45) is 5.92 Å². The molecule has 0 bridgehead atoms. The van der Waals surface area contributed by atoms with Gasteiger partial charge in [-0.05, 0) is 25.4 Å². The van der Waals surface area contributed by atoms with Crippen LogP contribution in [-0.2, 0) is 0 Å². The van der Waals surface area contributed by atoms with Crippen LogP contribution >= 0.6 is 0 Å². The van der Waals surface area contributed by atoms with E-state index in [2.05, 4.69) is 24.5 Å². The van der Waals surface area contributed by atoms with Gasteiger partial charge in [0.15, 0.2) is 0 Å². The van der Waals surface area contributed by atoms with E-state index in [4.69, 9.17) is 0 Å². The van der Waals surface area contributed by atoms with Gasteiger partial charge in [0.1, 0.15) is 0 Å². The molecule has 2 N–H and O–H groups in total. The van der Waals surface area contributed by atoms with E-state index in [0.29, 0.717) is 0 Å². The summed E-state index contributed by atoms with van der Waals surface area (Å²) < 4.78 is 0. The van der Waals surface area contributed by atoms with E-state index >= 15 is 0 Å². The maximum Gasteiger partial charge on any atom is 0.0204 e. The predicted molar refractivity (Wildman–Crippen MR) is 44.1 cm³/mol. The Kier molecular flexibility index (Phi) is 3.16. The van der Waals surface area contributed by atoms with Crippen LogP contribution in [0.25, 0.3) is 0 Å². The van der Waals surface area contributed by atoms with Gasteiger partial charge < -0.3 is 10.6 Å². The highest BCUT2D eigenvalue weighted by Crippen LogP contribution is 1.98. The minimum atomic E-state index is 0.738. The topological polar surface area (TPSA) is 24.1 Å². The van der Waals surface area contributed by atoms with Crippen LogP contribution in [0.1, 0.15) is 20.3 Å². The fourth-order valence-corrected chi connectivity index (χ4v) is 1.23. The normalized spacial score (nSPS) is 26.1. The van der Waals surface area contributed by atoms with E-state index in [1.165, 1.54) is 13.0 Å². The van der Waals surface area contributed by atoms with Crippen molar-refractivity contribution in [2.75, 3.05) is 19.6 Å². The van der Waals surface area contributed by atoms with Crippen molar-refractivity contribution in [3.8, 4) is 0 Å². The Morgan fingerprint density at radius 2 is 2.40 bits per heavy atom. The van der Waals surface area contributed by atoms with Crippen LogP contribution in [0.4, 0.5) is 0 Å². The minimum absolute atomic E-state index is 0.738. The van der Waals surface area contributed by atoms with Gasteiger partial charge in [0.25, 0.3) is 0 Å². The van der Waals surface area contributed by atoms with Gasteiger partial charge in [-0.25, -0.2) is 0 Å². The highest BCUT2D eigenvalue weighted by molar-refractivity contribution is 4.77. The Morgan fingerprint density at radius 1 is 1.60 bits per heavy atom. The van der Waals surface area contributed by atoms with Crippen LogP contribution in [0, 0.1) is 5.92 Å². The first kappa shape index (κ1) is 8.02. The highest BCUT2D eigenvalue weighted by Gasteiger charge is 2.12. The largest absolute Gasteiger partial charge is 0.315 e. The van der Waals surface area contributed by atoms with Gasteiger partial charge in [-0.3, -0.25) is 0 Å². The third-order valence-electron chi connectivity index (χ3n) is 1.88. The van der Waals surface area contributed by atoms with Crippen molar-refractivity contribution in [2.45, 2.75) is 26.3 Å². The van der Waals surface area contributed by atoms with Crippen molar-refractivity contribution in [3.63, 3.8) is 0 Å². The lowest BCUT2D eigenvalue weighted by atomic mass is 10.2. The lowest BCUT2D eigenvalue weighted by Gasteiger charge is -2.12. The van der Waals surface area contributed by atoms with Crippen molar-refractivity contribution in [3.05, 3.63) is 0 Å². The molecule has 2 nitrogen and oxygen atoms in total. The SMILES string of the molecule is CC(C)CN[C@H]1CCNC1. The van der Waals surface area contributed by atoms with Gasteiger partial charge in [-0.2, -0.15) is 0 Å². The van der Waals surface area contributed by atoms with Crippen LogP contribution in [0.15, 0.2) is 0 Å². The molecule has 1 aliphatic rings. The molecule has 1 atom stereocenters. The van der Waals surface area contributed by atoms with Crippen LogP contribution < -0.4 is 10.6 Å². The molecule has 0 aromatic rings. The zero-order chi connectivity index (χ0) is 7.40. The molecule has 0 aliphatic carbocycles. The van der Waals surface area contributed by atoms with E-state index in [1.807, 2.05) is 0 Å². The summed E-state index contributed by atoms with van der Waals surface area (Å²) in [5, 5.41) is 6.85. The average molecular weight is 142 g/mol. The molecule has 1 aliphatic heterocycles. The summed E-state index contributed by atoms with van der Waals surface area (Å²) in [6.07, 6.45) is 1.30. The van der Waals surface area contributed by atoms with Gasteiger partial charge in [0, 0.05) is 12.6 Å². The molecule has 1 heterocycles. The number of hydrogen-bond acceptors (Lipinski definition) is 2. The Balaban J connectivity index is 2.01. The fraction of sp³-hybridized carbons (Fsp3) is 1.00. The summed E-state index contributed by atoms with van der Waals surface area (Å²) in [6.45, 7) is 8.00. The molecule has 1 saturated heterocycles. The third-order valence-corrected chi connectivity index (χ3v) is 1.88. The Labute approximate surface area is 63.4 Å². The molecule has 0 aromatic carbocycles. The fourth-order valence-electron chi connectivity index (χ4n) is 1.23. The Hall–Kier alpha value is -0.0800. The highest BCUT2D eigenvalue weighted by atomic mass is 15.0. The number of rotatable bonds is 3. The van der Waals surface area contributed by atoms with E-state index in [1.54, 1.807) is 0 Å². The van der Waals surface area contributed by atoms with E-state index in [9.17, 15) is 0 Å². The van der Waals surface area contributed by atoms with Crippen LogP contribution in [0.5, 0.6) is 0 Å². The average Bonchev–Trinajstić information content (AvgIpc) is 2.34. The van der Waals surface area contributed by atoms with Gasteiger partial charge in [-0.1, -0.05) is 13.8 Å². The van der Waals surface area contributed by atoms with Crippen LogP contribution in [-0.4, -0.2) is 25.7 Å². The second-order valence-corrected chi connectivity index (χ2v) is 3.49. The smallest absolute Gasteiger partial charge is 0.0204 e. The molecule has 0 radical (unpaired) electrons. The summed E-state index contributed by atoms with van der Waals surface area (Å²) in [5.41, 5.74) is 0. The predicted octanol–water partition coefficient (Wildman–Crippen LogP) is 0.594. The first-order valence-electron chi connectivity index (χ1n) is 4.23. The van der Waals surface area contributed by atoms with Crippen molar-refractivity contribution in [1.82, 2.24) is 10.6 Å². The summed E-state index contributed by atoms with van der Waals surface area (Å²) in [4.78, 5) is 0. The second kappa shape index (κ2) is 3.94. The summed E-state index contributed by atoms with van der Waals surface area (Å²) >= 11 is 0. The van der Waals surface area contributed by atoms with Gasteiger partial charge >= 0.3 is 0 Å². The van der Waals surface area contributed by atoms with E-state index in [-0.39, 0.29) is 0 Å². The molecule has 10 heavy (non-hydrogen) atoms. The van der Waals surface area contributed by atoms with Crippen LogP contribution in [0.3, 0.4) is 0 Å². The Morgan fingerprint density at radius 3 is 2.90 bits per heavy atom. The molecule has 2 heteroatoms. The van der Waals surface area contributed by atoms with Crippen LogP contribution in [0.2, 0.25) is 0 Å². The third kappa shape index (κ3) is 2.67. The standard InChI is InChI=1S/C8H18N2/c1-7(2)5-10-8-3-4-9-6-8/h7-10H,3-6H2,1-2H3/t8-/m0/s1. The maximum absolute atomic E-state index is 3.52. The summed E-state index contributed by atoms with van der Waals surface area (Å²) in [5.74, 6) is 0.778. The monoisotopic (exact) mass is 142 g/mol. The minimum Gasteiger partial charge on any atom is -0.315 e. The van der Waals surface area contributed by atoms with Gasteiger partial charge in [0.2, 0.25) is 0 Å². The summed E-state index contributed by atoms with van der Waals surface area (Å²) in [7, 11) is 0. The first-order valence-corrected chi connectivity index (χ1v) is 4.23. The molecular weight excluding hydrogens is 124 g/mol. The number of hydrogen-bond donors (Lipinski definition) is 2. The second-order valence-electron chi connectivity index (χ2n) is 3.49. The molecule has 0 saturated carbocycles. The molecule has 0 spiro atoms. The maximum atomic E-state index is 3.52. The van der Waals surface area contributed by atoms with Crippen molar-refractivity contribution >= 4 is 0 Å². The molecule has 60 valence electrons. The van der Waals surface area contributed by atoms with E-state index in [0.717, 1.165) is 25.0 Å². The zero-order valence-corrected chi connectivity index (χ0v) is 6.98. The van der Waals surface area contributed by atoms with Gasteiger partial charge in [-0.15, -0.1) is 0 Å². The number of nitrogens with one attached hydrogen (secondary N) is 2. The molecular formula is C8H18N2. The van der Waals surface area contributed by atoms with Crippen molar-refractivity contribution < 1.29 is 0 Å². The van der Waals surface area contributed by atoms with Gasteiger partial charge in [0.05, 0.1) is 0 Å². The first-order chi connectivity index (χ1) is 4.79. The quantitative estimate of drug-likeness (QED) is 0.603. The Bertz CT molecular complexity index is 85.3. The van der Waals surface area contributed by atoms with E-state index < -0.39 is 0 Å². The molecule has 0 amide bonds. The molecule has 1 fully saturated rings. The molecule has 0 unspecified atom stereocenters. The molecule has 0 aromatic heterocycles. The lowest BCUT2D eigenvalue weighted by Crippen LogP contribution is -2.33. The molecule has 1 rings (SSSR count). The van der Waals surface area contributed by atoms with Crippen molar-refractivity contribution in [1.29, 1.82) is 0 Å².